The Hall–Kier alpha value is -1.17. The average Bonchev–Trinajstić information content (AvgIpc) is 3.35. The zero-order valence-electron chi connectivity index (χ0n) is 13.7. The van der Waals surface area contributed by atoms with Crippen LogP contribution in [0.3, 0.4) is 0 Å². The van der Waals surface area contributed by atoms with Crippen LogP contribution in [-0.2, 0) is 6.54 Å². The van der Waals surface area contributed by atoms with Gasteiger partial charge in [0.1, 0.15) is 5.02 Å². The highest BCUT2D eigenvalue weighted by Crippen LogP contribution is 2.41. The highest BCUT2D eigenvalue weighted by Gasteiger charge is 2.27. The molecule has 2 aromatic rings. The minimum absolute atomic E-state index is 0.552. The number of likely N-dealkylation sites (tertiary alicyclic amines) is 1. The van der Waals surface area contributed by atoms with Crippen molar-refractivity contribution >= 4 is 22.9 Å². The summed E-state index contributed by atoms with van der Waals surface area (Å²) in [7, 11) is 0. The third kappa shape index (κ3) is 4.08. The number of rotatable bonds is 6. The molecule has 128 valence electrons. The summed E-state index contributed by atoms with van der Waals surface area (Å²) in [6, 6.07) is 3.64. The Morgan fingerprint density at radius 3 is 2.83 bits per heavy atom. The maximum Gasteiger partial charge on any atom is 0.232 e. The van der Waals surface area contributed by atoms with Gasteiger partial charge in [-0.05, 0) is 56.8 Å². The molecule has 4 rings (SSSR count). The molecule has 1 saturated carbocycles. The van der Waals surface area contributed by atoms with E-state index in [1.807, 2.05) is 23.5 Å². The minimum atomic E-state index is 0.552. The Kier molecular flexibility index (Phi) is 5.01. The van der Waals surface area contributed by atoms with Crippen molar-refractivity contribution in [1.29, 1.82) is 0 Å². The minimum Gasteiger partial charge on any atom is -0.476 e. The summed E-state index contributed by atoms with van der Waals surface area (Å²) >= 11 is 7.92. The molecule has 1 saturated heterocycles. The second kappa shape index (κ2) is 7.38. The molecule has 24 heavy (non-hydrogen) atoms. The van der Waals surface area contributed by atoms with E-state index in [0.717, 1.165) is 38.4 Å². The number of hydrogen-bond donors (Lipinski definition) is 0. The van der Waals surface area contributed by atoms with Crippen LogP contribution in [0.15, 0.2) is 23.7 Å². The van der Waals surface area contributed by atoms with E-state index in [1.165, 1.54) is 23.5 Å². The normalized spacial score (nSPS) is 19.5. The molecule has 0 radical (unpaired) electrons. The molecule has 4 nitrogen and oxygen atoms in total. The maximum absolute atomic E-state index is 6.08. The quantitative estimate of drug-likeness (QED) is 0.764. The lowest BCUT2D eigenvalue weighted by atomic mass is 9.98. The molecule has 6 heteroatoms. The summed E-state index contributed by atoms with van der Waals surface area (Å²) in [5.41, 5.74) is 1.25. The molecule has 2 fully saturated rings. The molecule has 0 atom stereocenters. The number of nitrogens with zero attached hydrogens (tertiary/aromatic N) is 3. The van der Waals surface area contributed by atoms with Crippen molar-refractivity contribution in [3.8, 4) is 5.88 Å². The molecule has 1 aliphatic heterocycles. The molecular weight excluding hydrogens is 342 g/mol. The fourth-order valence-electron chi connectivity index (χ4n) is 3.13. The Balaban J connectivity index is 1.22. The van der Waals surface area contributed by atoms with Gasteiger partial charge in [0.25, 0.3) is 0 Å². The summed E-state index contributed by atoms with van der Waals surface area (Å²) in [5.74, 6) is 1.90. The maximum atomic E-state index is 6.08. The molecule has 0 unspecified atom stereocenters. The number of halogens is 1. The van der Waals surface area contributed by atoms with Crippen molar-refractivity contribution in [1.82, 2.24) is 14.9 Å². The highest BCUT2D eigenvalue weighted by atomic mass is 35.5. The Labute approximate surface area is 151 Å². The fourth-order valence-corrected chi connectivity index (χ4v) is 4.29. The van der Waals surface area contributed by atoms with Gasteiger partial charge in [0.2, 0.25) is 5.88 Å². The average molecular weight is 364 g/mol. The molecule has 0 amide bonds. The molecule has 2 aliphatic rings. The van der Waals surface area contributed by atoms with Gasteiger partial charge in [-0.15, -0.1) is 11.3 Å². The van der Waals surface area contributed by atoms with Crippen LogP contribution in [0.4, 0.5) is 0 Å². The topological polar surface area (TPSA) is 38.2 Å². The van der Waals surface area contributed by atoms with Gasteiger partial charge in [-0.25, -0.2) is 9.97 Å². The molecule has 0 spiro atoms. The number of pyridine rings is 1. The van der Waals surface area contributed by atoms with Crippen LogP contribution in [0.1, 0.15) is 42.3 Å². The lowest BCUT2D eigenvalue weighted by Crippen LogP contribution is -2.35. The Morgan fingerprint density at radius 1 is 1.25 bits per heavy atom. The van der Waals surface area contributed by atoms with Crippen LogP contribution in [-0.4, -0.2) is 34.6 Å². The third-order valence-corrected chi connectivity index (χ3v) is 6.11. The van der Waals surface area contributed by atoms with Gasteiger partial charge in [-0.1, -0.05) is 11.6 Å². The van der Waals surface area contributed by atoms with Crippen molar-refractivity contribution in [2.24, 2.45) is 5.92 Å². The number of piperidine rings is 1. The first kappa shape index (κ1) is 16.3. The molecule has 2 aromatic heterocycles. The van der Waals surface area contributed by atoms with E-state index in [2.05, 4.69) is 15.3 Å². The van der Waals surface area contributed by atoms with Gasteiger partial charge in [0, 0.05) is 24.0 Å². The molecular formula is C18H22ClN3OS. The number of hydrogen-bond acceptors (Lipinski definition) is 5. The SMILES string of the molecule is Clc1cccnc1OCC1CCN(Cc2csc(C3CC3)n2)CC1. The Bertz CT molecular complexity index is 680. The van der Waals surface area contributed by atoms with Crippen molar-refractivity contribution in [2.45, 2.75) is 38.1 Å². The van der Waals surface area contributed by atoms with Crippen molar-refractivity contribution in [3.05, 3.63) is 39.4 Å². The Morgan fingerprint density at radius 2 is 2.08 bits per heavy atom. The highest BCUT2D eigenvalue weighted by molar-refractivity contribution is 7.09. The summed E-state index contributed by atoms with van der Waals surface area (Å²) in [6.07, 6.45) is 6.69. The second-order valence-electron chi connectivity index (χ2n) is 6.77. The van der Waals surface area contributed by atoms with E-state index in [-0.39, 0.29) is 0 Å². The van der Waals surface area contributed by atoms with E-state index in [9.17, 15) is 0 Å². The molecule has 0 bridgehead atoms. The lowest BCUT2D eigenvalue weighted by Gasteiger charge is -2.31. The van der Waals surface area contributed by atoms with Crippen LogP contribution in [0.25, 0.3) is 0 Å². The van der Waals surface area contributed by atoms with E-state index in [4.69, 9.17) is 21.3 Å². The second-order valence-corrected chi connectivity index (χ2v) is 8.07. The molecule has 0 aromatic carbocycles. The molecule has 3 heterocycles. The van der Waals surface area contributed by atoms with Gasteiger partial charge in [0.15, 0.2) is 0 Å². The lowest BCUT2D eigenvalue weighted by molar-refractivity contribution is 0.134. The smallest absolute Gasteiger partial charge is 0.232 e. The number of thiazole rings is 1. The van der Waals surface area contributed by atoms with Crippen LogP contribution in [0, 0.1) is 5.92 Å². The first-order valence-corrected chi connectivity index (χ1v) is 9.93. The van der Waals surface area contributed by atoms with Gasteiger partial charge >= 0.3 is 0 Å². The zero-order chi connectivity index (χ0) is 16.4. The fraction of sp³-hybridized carbons (Fsp3) is 0.556. The van der Waals surface area contributed by atoms with Crippen molar-refractivity contribution in [2.75, 3.05) is 19.7 Å². The predicted molar refractivity (Wildman–Crippen MR) is 96.8 cm³/mol. The third-order valence-electron chi connectivity index (χ3n) is 4.77. The largest absolute Gasteiger partial charge is 0.476 e. The van der Waals surface area contributed by atoms with Gasteiger partial charge < -0.3 is 4.74 Å². The van der Waals surface area contributed by atoms with Crippen molar-refractivity contribution < 1.29 is 4.74 Å². The standard InChI is InChI=1S/C18H22ClN3OS/c19-16-2-1-7-20-17(16)23-11-13-5-8-22(9-6-13)10-15-12-24-18(21-15)14-3-4-14/h1-2,7,12-14H,3-6,8-11H2. The summed E-state index contributed by atoms with van der Waals surface area (Å²) in [5, 5.41) is 4.18. The number of ether oxygens (including phenoxy) is 1. The van der Waals surface area contributed by atoms with Crippen LogP contribution in [0.5, 0.6) is 5.88 Å². The van der Waals surface area contributed by atoms with Crippen molar-refractivity contribution in [3.63, 3.8) is 0 Å². The van der Waals surface area contributed by atoms with Crippen LogP contribution < -0.4 is 4.74 Å². The first-order valence-electron chi connectivity index (χ1n) is 8.68. The van der Waals surface area contributed by atoms with Gasteiger partial charge in [-0.2, -0.15) is 0 Å². The van der Waals surface area contributed by atoms with Crippen LogP contribution in [0.2, 0.25) is 5.02 Å². The summed E-state index contributed by atoms with van der Waals surface area (Å²) in [4.78, 5) is 11.5. The first-order chi connectivity index (χ1) is 11.8. The molecule has 0 N–H and O–H groups in total. The zero-order valence-corrected chi connectivity index (χ0v) is 15.2. The number of aromatic nitrogens is 2. The van der Waals surface area contributed by atoms with E-state index < -0.39 is 0 Å². The summed E-state index contributed by atoms with van der Waals surface area (Å²) in [6.45, 7) is 3.91. The summed E-state index contributed by atoms with van der Waals surface area (Å²) < 4.78 is 5.79. The van der Waals surface area contributed by atoms with Gasteiger partial charge in [0.05, 0.1) is 17.3 Å². The van der Waals surface area contributed by atoms with E-state index >= 15 is 0 Å². The molecule has 1 aliphatic carbocycles. The van der Waals surface area contributed by atoms with E-state index in [1.54, 1.807) is 6.20 Å². The predicted octanol–water partition coefficient (Wildman–Crippen LogP) is 4.36. The van der Waals surface area contributed by atoms with Crippen LogP contribution >= 0.6 is 22.9 Å². The van der Waals surface area contributed by atoms with E-state index in [0.29, 0.717) is 23.4 Å². The monoisotopic (exact) mass is 363 g/mol. The van der Waals surface area contributed by atoms with Gasteiger partial charge in [-0.3, -0.25) is 4.90 Å².